The zero-order chi connectivity index (χ0) is 14.5. The van der Waals surface area contributed by atoms with Gasteiger partial charge in [-0.1, -0.05) is 42.1 Å². The Labute approximate surface area is 122 Å². The van der Waals surface area contributed by atoms with Crippen molar-refractivity contribution in [2.75, 3.05) is 40.6 Å². The van der Waals surface area contributed by atoms with Gasteiger partial charge < -0.3 is 9.47 Å². The number of nitrogens with zero attached hydrogens (tertiary/aromatic N) is 1. The van der Waals surface area contributed by atoms with E-state index in [9.17, 15) is 0 Å². The van der Waals surface area contributed by atoms with Crippen LogP contribution in [0, 0.1) is 0 Å². The van der Waals surface area contributed by atoms with Gasteiger partial charge in [0.2, 0.25) is 0 Å². The standard InChI is InChI=1S/C14H23NO4Si/c1-16-9-11-18-15(19-12-10-17-2)20-13-8-14-6-4-3-5-7-14/h3-8,13H,9-12,20H2,1-2H3. The van der Waals surface area contributed by atoms with E-state index in [2.05, 4.69) is 23.9 Å². The molecule has 0 atom stereocenters. The van der Waals surface area contributed by atoms with Crippen LogP contribution in [0.3, 0.4) is 0 Å². The van der Waals surface area contributed by atoms with Crippen LogP contribution in [-0.2, 0) is 19.1 Å². The van der Waals surface area contributed by atoms with Crippen molar-refractivity contribution >= 4 is 15.8 Å². The summed E-state index contributed by atoms with van der Waals surface area (Å²) in [6.45, 7) is 2.05. The SMILES string of the molecule is COCCON(OCCOC)[SiH2]C=Cc1ccccc1. The van der Waals surface area contributed by atoms with Crippen LogP contribution in [0.4, 0.5) is 0 Å². The fraction of sp³-hybridized carbons (Fsp3) is 0.429. The van der Waals surface area contributed by atoms with E-state index in [0.717, 1.165) is 0 Å². The number of methoxy groups -OCH3 is 2. The molecule has 0 fully saturated rings. The van der Waals surface area contributed by atoms with Gasteiger partial charge in [0.05, 0.1) is 26.4 Å². The Bertz CT molecular complexity index is 351. The summed E-state index contributed by atoms with van der Waals surface area (Å²) in [6, 6.07) is 10.2. The second kappa shape index (κ2) is 11.8. The Kier molecular flexibility index (Phi) is 10.0. The second-order valence-electron chi connectivity index (χ2n) is 3.98. The molecule has 0 amide bonds. The number of ether oxygens (including phenoxy) is 2. The molecular formula is C14H23NO4Si. The van der Waals surface area contributed by atoms with Gasteiger partial charge in [-0.25, -0.2) is 0 Å². The van der Waals surface area contributed by atoms with Crippen molar-refractivity contribution in [3.05, 3.63) is 41.6 Å². The maximum atomic E-state index is 5.51. The normalized spacial score (nSPS) is 12.2. The minimum atomic E-state index is -0.777. The van der Waals surface area contributed by atoms with E-state index in [1.165, 1.54) is 5.56 Å². The van der Waals surface area contributed by atoms with Gasteiger partial charge in [-0.05, 0) is 5.56 Å². The highest BCUT2D eigenvalue weighted by atomic mass is 28.2. The van der Waals surface area contributed by atoms with E-state index in [4.69, 9.17) is 19.1 Å². The second-order valence-corrected chi connectivity index (χ2v) is 5.33. The summed E-state index contributed by atoms with van der Waals surface area (Å²) >= 11 is 0. The number of hydrogen-bond donors (Lipinski definition) is 0. The summed E-state index contributed by atoms with van der Waals surface area (Å²) < 4.78 is 9.91. The third-order valence-electron chi connectivity index (χ3n) is 2.41. The first-order chi connectivity index (χ1) is 9.86. The Morgan fingerprint density at radius 2 is 1.55 bits per heavy atom. The molecule has 0 spiro atoms. The maximum Gasteiger partial charge on any atom is 0.190 e. The maximum absolute atomic E-state index is 5.51. The summed E-state index contributed by atoms with van der Waals surface area (Å²) in [5, 5.41) is 0. The molecule has 0 aromatic heterocycles. The van der Waals surface area contributed by atoms with E-state index in [1.807, 2.05) is 18.2 Å². The lowest BCUT2D eigenvalue weighted by Crippen LogP contribution is -2.30. The summed E-state index contributed by atoms with van der Waals surface area (Å²) in [7, 11) is 2.51. The van der Waals surface area contributed by atoms with Crippen molar-refractivity contribution in [1.29, 1.82) is 0 Å². The Morgan fingerprint density at radius 3 is 2.10 bits per heavy atom. The van der Waals surface area contributed by atoms with Crippen molar-refractivity contribution in [3.8, 4) is 0 Å². The summed E-state index contributed by atoms with van der Waals surface area (Å²) in [4.78, 5) is 12.6. The predicted octanol–water partition coefficient (Wildman–Crippen LogP) is 1.20. The molecule has 112 valence electrons. The van der Waals surface area contributed by atoms with Crippen LogP contribution >= 0.6 is 0 Å². The van der Waals surface area contributed by atoms with Gasteiger partial charge in [0.25, 0.3) is 0 Å². The fourth-order valence-corrected chi connectivity index (χ4v) is 2.45. The molecule has 1 aromatic carbocycles. The Hall–Kier alpha value is -1.02. The lowest BCUT2D eigenvalue weighted by molar-refractivity contribution is -0.311. The lowest BCUT2D eigenvalue weighted by atomic mass is 10.2. The van der Waals surface area contributed by atoms with Crippen LogP contribution in [0.1, 0.15) is 5.56 Å². The summed E-state index contributed by atoms with van der Waals surface area (Å²) in [5.41, 5.74) is 3.29. The molecule has 0 aliphatic rings. The zero-order valence-corrected chi connectivity index (χ0v) is 13.6. The Balaban J connectivity index is 2.35. The van der Waals surface area contributed by atoms with Gasteiger partial charge in [-0.2, -0.15) is 0 Å². The van der Waals surface area contributed by atoms with Gasteiger partial charge in [-0.15, -0.1) is 4.89 Å². The van der Waals surface area contributed by atoms with E-state index in [-0.39, 0.29) is 0 Å². The third-order valence-corrected chi connectivity index (χ3v) is 3.52. The molecule has 6 heteroatoms. The van der Waals surface area contributed by atoms with Crippen molar-refractivity contribution < 1.29 is 19.1 Å². The van der Waals surface area contributed by atoms with Crippen molar-refractivity contribution in [3.63, 3.8) is 0 Å². The summed E-state index contributed by atoms with van der Waals surface area (Å²) in [6.07, 6.45) is 2.08. The largest absolute Gasteiger partial charge is 0.382 e. The molecule has 0 radical (unpaired) electrons. The molecule has 0 aliphatic carbocycles. The molecular weight excluding hydrogens is 274 g/mol. The van der Waals surface area contributed by atoms with Gasteiger partial charge in [0, 0.05) is 14.2 Å². The van der Waals surface area contributed by atoms with Gasteiger partial charge in [0.15, 0.2) is 9.68 Å². The van der Waals surface area contributed by atoms with Crippen LogP contribution in [0.15, 0.2) is 36.0 Å². The molecule has 0 saturated carbocycles. The van der Waals surface area contributed by atoms with E-state index >= 15 is 0 Å². The molecule has 0 aliphatic heterocycles. The monoisotopic (exact) mass is 297 g/mol. The fourth-order valence-electron chi connectivity index (χ4n) is 1.43. The molecule has 0 N–H and O–H groups in total. The first-order valence-electron chi connectivity index (χ1n) is 6.59. The number of rotatable bonds is 11. The van der Waals surface area contributed by atoms with Crippen LogP contribution in [0.5, 0.6) is 0 Å². The van der Waals surface area contributed by atoms with Gasteiger partial charge in [-0.3, -0.25) is 9.68 Å². The van der Waals surface area contributed by atoms with Gasteiger partial charge >= 0.3 is 0 Å². The van der Waals surface area contributed by atoms with Crippen molar-refractivity contribution in [2.24, 2.45) is 0 Å². The molecule has 0 saturated heterocycles. The molecule has 0 bridgehead atoms. The van der Waals surface area contributed by atoms with E-state index in [1.54, 1.807) is 19.1 Å². The molecule has 1 rings (SSSR count). The molecule has 20 heavy (non-hydrogen) atoms. The highest BCUT2D eigenvalue weighted by Gasteiger charge is 2.04. The Morgan fingerprint density at radius 1 is 0.950 bits per heavy atom. The van der Waals surface area contributed by atoms with Crippen molar-refractivity contribution in [2.45, 2.75) is 0 Å². The quantitative estimate of drug-likeness (QED) is 0.349. The molecule has 0 unspecified atom stereocenters. The topological polar surface area (TPSA) is 40.2 Å². The van der Waals surface area contributed by atoms with Crippen LogP contribution in [0.25, 0.3) is 6.08 Å². The highest BCUT2D eigenvalue weighted by Crippen LogP contribution is 2.01. The minimum absolute atomic E-state index is 0.482. The summed E-state index contributed by atoms with van der Waals surface area (Å²) in [5.74, 6) is 0. The highest BCUT2D eigenvalue weighted by molar-refractivity contribution is 6.39. The van der Waals surface area contributed by atoms with Crippen LogP contribution in [-0.4, -0.2) is 55.2 Å². The van der Waals surface area contributed by atoms with E-state index in [0.29, 0.717) is 26.4 Å². The third kappa shape index (κ3) is 8.21. The zero-order valence-electron chi connectivity index (χ0n) is 12.2. The number of hydrogen-bond acceptors (Lipinski definition) is 5. The van der Waals surface area contributed by atoms with Gasteiger partial charge in [0.1, 0.15) is 0 Å². The first-order valence-corrected chi connectivity index (χ1v) is 8.04. The van der Waals surface area contributed by atoms with E-state index < -0.39 is 9.68 Å². The van der Waals surface area contributed by atoms with Crippen LogP contribution < -0.4 is 0 Å². The first kappa shape index (κ1) is 17.0. The minimum Gasteiger partial charge on any atom is -0.382 e. The predicted molar refractivity (Wildman–Crippen MR) is 81.5 cm³/mol. The number of benzene rings is 1. The molecule has 5 nitrogen and oxygen atoms in total. The average Bonchev–Trinajstić information content (AvgIpc) is 2.48. The molecule has 1 aromatic rings. The average molecular weight is 297 g/mol. The molecule has 0 heterocycles. The van der Waals surface area contributed by atoms with Crippen LogP contribution in [0.2, 0.25) is 0 Å². The van der Waals surface area contributed by atoms with Crippen molar-refractivity contribution in [1.82, 2.24) is 4.89 Å². The lowest BCUT2D eigenvalue weighted by Gasteiger charge is -2.19. The smallest absolute Gasteiger partial charge is 0.190 e.